The van der Waals surface area contributed by atoms with Crippen LogP contribution in [0.15, 0.2) is 4.99 Å². The Labute approximate surface area is 115 Å². The second-order valence-electron chi connectivity index (χ2n) is 6.75. The fraction of sp³-hybridized carbons (Fsp3) is 0.933. The number of likely N-dealkylation sites (tertiary alicyclic amines) is 1. The number of nitrogens with zero attached hydrogens (tertiary/aromatic N) is 2. The average Bonchev–Trinajstić information content (AvgIpc) is 3.02. The second-order valence-corrected chi connectivity index (χ2v) is 6.75. The van der Waals surface area contributed by atoms with E-state index in [1.165, 1.54) is 32.1 Å². The molecule has 0 amide bonds. The molecule has 0 aromatic heterocycles. The molecule has 4 fully saturated rings. The first-order chi connectivity index (χ1) is 9.35. The molecule has 1 saturated carbocycles. The van der Waals surface area contributed by atoms with Crippen molar-refractivity contribution in [2.75, 3.05) is 26.7 Å². The average molecular weight is 263 g/mol. The third-order valence-electron chi connectivity index (χ3n) is 5.74. The van der Waals surface area contributed by atoms with Crippen molar-refractivity contribution in [2.24, 2.45) is 22.7 Å². The summed E-state index contributed by atoms with van der Waals surface area (Å²) < 4.78 is 6.04. The monoisotopic (exact) mass is 263 g/mol. The van der Waals surface area contributed by atoms with Crippen molar-refractivity contribution in [3.05, 3.63) is 0 Å². The van der Waals surface area contributed by atoms with Crippen molar-refractivity contribution < 1.29 is 4.74 Å². The van der Waals surface area contributed by atoms with Crippen LogP contribution in [0.5, 0.6) is 0 Å². The molecular formula is C15H25N3O. The van der Waals surface area contributed by atoms with Gasteiger partial charge in [0, 0.05) is 38.5 Å². The highest BCUT2D eigenvalue weighted by atomic mass is 16.5. The molecule has 2 bridgehead atoms. The van der Waals surface area contributed by atoms with Crippen LogP contribution in [0.25, 0.3) is 0 Å². The Hall–Kier alpha value is -0.770. The Kier molecular flexibility index (Phi) is 2.94. The summed E-state index contributed by atoms with van der Waals surface area (Å²) in [5.74, 6) is 3.54. The number of hydrogen-bond acceptors (Lipinski definition) is 2. The van der Waals surface area contributed by atoms with Gasteiger partial charge >= 0.3 is 0 Å². The first kappa shape index (κ1) is 12.0. The molecule has 0 aromatic carbocycles. The molecule has 19 heavy (non-hydrogen) atoms. The van der Waals surface area contributed by atoms with Crippen LogP contribution in [0, 0.1) is 17.8 Å². The van der Waals surface area contributed by atoms with Gasteiger partial charge in [-0.3, -0.25) is 4.99 Å². The molecule has 1 N–H and O–H groups in total. The molecule has 0 aromatic rings. The number of aliphatic imine (C=N–C) groups is 1. The smallest absolute Gasteiger partial charge is 0.193 e. The summed E-state index contributed by atoms with van der Waals surface area (Å²) in [6, 6.07) is 0. The van der Waals surface area contributed by atoms with E-state index in [1.54, 1.807) is 0 Å². The van der Waals surface area contributed by atoms with Crippen LogP contribution in [0.3, 0.4) is 0 Å². The van der Waals surface area contributed by atoms with Gasteiger partial charge in [-0.1, -0.05) is 6.42 Å². The van der Waals surface area contributed by atoms with Gasteiger partial charge < -0.3 is 15.0 Å². The molecule has 4 nitrogen and oxygen atoms in total. The SMILES string of the molecule is CN=C(NCC1CCC1)N1CC2C3CCC(O3)C2C1. The maximum absolute atomic E-state index is 6.04. The molecule has 4 heteroatoms. The molecule has 4 atom stereocenters. The van der Waals surface area contributed by atoms with Crippen LogP contribution < -0.4 is 5.32 Å². The van der Waals surface area contributed by atoms with Crippen molar-refractivity contribution in [3.63, 3.8) is 0 Å². The maximum atomic E-state index is 6.04. The highest BCUT2D eigenvalue weighted by Crippen LogP contribution is 2.47. The van der Waals surface area contributed by atoms with Crippen LogP contribution in [0.2, 0.25) is 0 Å². The number of rotatable bonds is 2. The van der Waals surface area contributed by atoms with E-state index < -0.39 is 0 Å². The predicted octanol–water partition coefficient (Wildman–Crippen LogP) is 1.47. The molecule has 0 spiro atoms. The largest absolute Gasteiger partial charge is 0.374 e. The van der Waals surface area contributed by atoms with E-state index in [9.17, 15) is 0 Å². The van der Waals surface area contributed by atoms with E-state index in [2.05, 4.69) is 15.2 Å². The van der Waals surface area contributed by atoms with Crippen molar-refractivity contribution in [3.8, 4) is 0 Å². The summed E-state index contributed by atoms with van der Waals surface area (Å²) in [5.41, 5.74) is 0. The summed E-state index contributed by atoms with van der Waals surface area (Å²) >= 11 is 0. The zero-order valence-electron chi connectivity index (χ0n) is 11.8. The van der Waals surface area contributed by atoms with Crippen molar-refractivity contribution in [1.82, 2.24) is 10.2 Å². The Bertz CT molecular complexity index is 362. The number of hydrogen-bond donors (Lipinski definition) is 1. The van der Waals surface area contributed by atoms with E-state index in [0.29, 0.717) is 12.2 Å². The number of ether oxygens (including phenoxy) is 1. The first-order valence-corrected chi connectivity index (χ1v) is 7.96. The first-order valence-electron chi connectivity index (χ1n) is 7.96. The molecule has 4 aliphatic rings. The van der Waals surface area contributed by atoms with Gasteiger partial charge in [-0.25, -0.2) is 0 Å². The minimum atomic E-state index is 0.546. The van der Waals surface area contributed by atoms with Crippen molar-refractivity contribution >= 4 is 5.96 Å². The fourth-order valence-corrected chi connectivity index (χ4v) is 4.40. The van der Waals surface area contributed by atoms with Gasteiger partial charge in [0.05, 0.1) is 12.2 Å². The van der Waals surface area contributed by atoms with Crippen LogP contribution >= 0.6 is 0 Å². The Morgan fingerprint density at radius 2 is 1.84 bits per heavy atom. The highest BCUT2D eigenvalue weighted by molar-refractivity contribution is 5.80. The van der Waals surface area contributed by atoms with Gasteiger partial charge in [-0.05, 0) is 31.6 Å². The number of guanidine groups is 1. The van der Waals surface area contributed by atoms with Gasteiger partial charge in [0.15, 0.2) is 5.96 Å². The summed E-state index contributed by atoms with van der Waals surface area (Å²) in [4.78, 5) is 6.96. The molecule has 3 saturated heterocycles. The van der Waals surface area contributed by atoms with Crippen LogP contribution in [-0.2, 0) is 4.74 Å². The van der Waals surface area contributed by atoms with E-state index in [4.69, 9.17) is 4.74 Å². The quantitative estimate of drug-likeness (QED) is 0.605. The maximum Gasteiger partial charge on any atom is 0.193 e. The minimum absolute atomic E-state index is 0.546. The van der Waals surface area contributed by atoms with Gasteiger partial charge in [-0.15, -0.1) is 0 Å². The van der Waals surface area contributed by atoms with Gasteiger partial charge in [0.2, 0.25) is 0 Å². The summed E-state index contributed by atoms with van der Waals surface area (Å²) in [6.45, 7) is 3.41. The molecule has 3 aliphatic heterocycles. The lowest BCUT2D eigenvalue weighted by atomic mass is 9.82. The molecule has 106 valence electrons. The zero-order valence-corrected chi connectivity index (χ0v) is 11.8. The molecular weight excluding hydrogens is 238 g/mol. The predicted molar refractivity (Wildman–Crippen MR) is 75.2 cm³/mol. The normalized spacial score (nSPS) is 41.5. The van der Waals surface area contributed by atoms with E-state index in [0.717, 1.165) is 43.3 Å². The lowest BCUT2D eigenvalue weighted by Crippen LogP contribution is -2.43. The summed E-state index contributed by atoms with van der Waals surface area (Å²) in [6.07, 6.45) is 7.87. The van der Waals surface area contributed by atoms with Crippen LogP contribution in [-0.4, -0.2) is 49.7 Å². The Morgan fingerprint density at radius 1 is 1.16 bits per heavy atom. The lowest BCUT2D eigenvalue weighted by Gasteiger charge is -2.29. The third kappa shape index (κ3) is 1.95. The van der Waals surface area contributed by atoms with E-state index >= 15 is 0 Å². The van der Waals surface area contributed by atoms with E-state index in [-0.39, 0.29) is 0 Å². The third-order valence-corrected chi connectivity index (χ3v) is 5.74. The topological polar surface area (TPSA) is 36.9 Å². The Balaban J connectivity index is 1.36. The summed E-state index contributed by atoms with van der Waals surface area (Å²) in [7, 11) is 1.92. The zero-order chi connectivity index (χ0) is 12.8. The van der Waals surface area contributed by atoms with Crippen molar-refractivity contribution in [1.29, 1.82) is 0 Å². The van der Waals surface area contributed by atoms with E-state index in [1.807, 2.05) is 7.05 Å². The fourth-order valence-electron chi connectivity index (χ4n) is 4.40. The minimum Gasteiger partial charge on any atom is -0.374 e. The lowest BCUT2D eigenvalue weighted by molar-refractivity contribution is 0.0766. The van der Waals surface area contributed by atoms with Crippen LogP contribution in [0.1, 0.15) is 32.1 Å². The van der Waals surface area contributed by atoms with Crippen LogP contribution in [0.4, 0.5) is 0 Å². The number of fused-ring (bicyclic) bond motifs is 5. The van der Waals surface area contributed by atoms with Gasteiger partial charge in [0.1, 0.15) is 0 Å². The number of nitrogens with one attached hydrogen (secondary N) is 1. The molecule has 4 rings (SSSR count). The summed E-state index contributed by atoms with van der Waals surface area (Å²) in [5, 5.41) is 3.59. The molecule has 1 aliphatic carbocycles. The van der Waals surface area contributed by atoms with Gasteiger partial charge in [0.25, 0.3) is 0 Å². The molecule has 3 heterocycles. The molecule has 4 unspecified atom stereocenters. The van der Waals surface area contributed by atoms with Gasteiger partial charge in [-0.2, -0.15) is 0 Å². The highest BCUT2D eigenvalue weighted by Gasteiger charge is 2.53. The van der Waals surface area contributed by atoms with Crippen molar-refractivity contribution in [2.45, 2.75) is 44.3 Å². The second kappa shape index (κ2) is 4.65. The molecule has 0 radical (unpaired) electrons. The standard InChI is InChI=1S/C15H25N3O/c1-16-15(17-7-10-3-2-4-10)18-8-11-12(9-18)14-6-5-13(11)19-14/h10-14H,2-9H2,1H3,(H,16,17). The Morgan fingerprint density at radius 3 is 2.37 bits per heavy atom.